The summed E-state index contributed by atoms with van der Waals surface area (Å²) in [6.45, 7) is 3.27. The number of carboxylic acids is 1. The molecule has 1 aromatic rings. The van der Waals surface area contributed by atoms with Crippen molar-refractivity contribution < 1.29 is 19.6 Å². The van der Waals surface area contributed by atoms with Crippen LogP contribution < -0.4 is 4.74 Å². The van der Waals surface area contributed by atoms with Crippen molar-refractivity contribution in [1.29, 1.82) is 5.26 Å². The van der Waals surface area contributed by atoms with E-state index in [0.717, 1.165) is 6.07 Å². The standard InChI is InChI=1S/C12H12N2O5/c1-7(2)11(12(15)16)19-10-4-3-8(6-13)5-9(10)14(17)18/h3-5,7,11H,1-2H3,(H,15,16). The molecule has 1 rings (SSSR count). The van der Waals surface area contributed by atoms with E-state index >= 15 is 0 Å². The number of nitrogens with zero attached hydrogens (tertiary/aromatic N) is 2. The summed E-state index contributed by atoms with van der Waals surface area (Å²) in [6.07, 6.45) is -1.19. The van der Waals surface area contributed by atoms with Gasteiger partial charge in [-0.15, -0.1) is 0 Å². The van der Waals surface area contributed by atoms with E-state index in [2.05, 4.69) is 0 Å². The maximum atomic E-state index is 11.0. The molecule has 0 fully saturated rings. The summed E-state index contributed by atoms with van der Waals surface area (Å²) in [4.78, 5) is 21.2. The molecule has 0 aromatic heterocycles. The zero-order chi connectivity index (χ0) is 14.6. The van der Waals surface area contributed by atoms with Crippen molar-refractivity contribution in [3.05, 3.63) is 33.9 Å². The fourth-order valence-corrected chi connectivity index (χ4v) is 1.44. The van der Waals surface area contributed by atoms with Gasteiger partial charge in [-0.3, -0.25) is 10.1 Å². The van der Waals surface area contributed by atoms with Gasteiger partial charge in [0.1, 0.15) is 0 Å². The number of carboxylic acid groups (broad SMARTS) is 1. The molecule has 0 aliphatic carbocycles. The fourth-order valence-electron chi connectivity index (χ4n) is 1.44. The molecule has 0 radical (unpaired) electrons. The zero-order valence-corrected chi connectivity index (χ0v) is 10.4. The average molecular weight is 264 g/mol. The van der Waals surface area contributed by atoms with Crippen molar-refractivity contribution in [3.8, 4) is 11.8 Å². The first-order valence-corrected chi connectivity index (χ1v) is 5.44. The van der Waals surface area contributed by atoms with E-state index in [0.29, 0.717) is 0 Å². The predicted molar refractivity (Wildman–Crippen MR) is 64.7 cm³/mol. The van der Waals surface area contributed by atoms with Gasteiger partial charge >= 0.3 is 11.7 Å². The number of nitriles is 1. The SMILES string of the molecule is CC(C)C(Oc1ccc(C#N)cc1[N+](=O)[O-])C(=O)O. The number of hydrogen-bond donors (Lipinski definition) is 1. The smallest absolute Gasteiger partial charge is 0.345 e. The Balaban J connectivity index is 3.17. The summed E-state index contributed by atoms with van der Waals surface area (Å²) < 4.78 is 5.18. The van der Waals surface area contributed by atoms with Gasteiger partial charge in [-0.2, -0.15) is 5.26 Å². The Bertz CT molecular complexity index is 548. The number of carbonyl (C=O) groups is 1. The number of nitro benzene ring substituents is 1. The first-order chi connectivity index (χ1) is 8.86. The zero-order valence-electron chi connectivity index (χ0n) is 10.4. The number of hydrogen-bond acceptors (Lipinski definition) is 5. The van der Waals surface area contributed by atoms with Crippen molar-refractivity contribution in [2.24, 2.45) is 5.92 Å². The van der Waals surface area contributed by atoms with Gasteiger partial charge in [0.25, 0.3) is 0 Å². The number of aliphatic carboxylic acids is 1. The first kappa shape index (κ1) is 14.4. The number of ether oxygens (including phenoxy) is 1. The normalized spacial score (nSPS) is 11.7. The van der Waals surface area contributed by atoms with Crippen molar-refractivity contribution in [1.82, 2.24) is 0 Å². The Morgan fingerprint density at radius 2 is 2.16 bits per heavy atom. The van der Waals surface area contributed by atoms with Crippen LogP contribution in [-0.4, -0.2) is 22.1 Å². The quantitative estimate of drug-likeness (QED) is 0.642. The Kier molecular flexibility index (Phi) is 4.42. The molecule has 7 heteroatoms. The van der Waals surface area contributed by atoms with Crippen LogP contribution in [0.3, 0.4) is 0 Å². The molecule has 0 spiro atoms. The molecule has 0 bridgehead atoms. The Labute approximate surface area is 109 Å². The van der Waals surface area contributed by atoms with E-state index in [9.17, 15) is 14.9 Å². The molecular formula is C12H12N2O5. The summed E-state index contributed by atoms with van der Waals surface area (Å²) >= 11 is 0. The molecule has 0 saturated carbocycles. The van der Waals surface area contributed by atoms with Crippen LogP contribution in [0.25, 0.3) is 0 Å². The van der Waals surface area contributed by atoms with Crippen LogP contribution >= 0.6 is 0 Å². The lowest BCUT2D eigenvalue weighted by Gasteiger charge is -2.18. The molecule has 1 aromatic carbocycles. The molecule has 1 unspecified atom stereocenters. The van der Waals surface area contributed by atoms with Gasteiger partial charge in [0, 0.05) is 12.0 Å². The third kappa shape index (κ3) is 3.42. The fraction of sp³-hybridized carbons (Fsp3) is 0.333. The lowest BCUT2D eigenvalue weighted by molar-refractivity contribution is -0.386. The molecule has 1 N–H and O–H groups in total. The molecule has 19 heavy (non-hydrogen) atoms. The molecule has 7 nitrogen and oxygen atoms in total. The van der Waals surface area contributed by atoms with Gasteiger partial charge in [0.05, 0.1) is 16.6 Å². The lowest BCUT2D eigenvalue weighted by atomic mass is 10.1. The maximum absolute atomic E-state index is 11.0. The van der Waals surface area contributed by atoms with Crippen LogP contribution in [-0.2, 0) is 4.79 Å². The van der Waals surface area contributed by atoms with Gasteiger partial charge in [-0.25, -0.2) is 4.79 Å². The first-order valence-electron chi connectivity index (χ1n) is 5.44. The Morgan fingerprint density at radius 1 is 1.53 bits per heavy atom. The molecule has 0 aliphatic rings. The van der Waals surface area contributed by atoms with Crippen LogP contribution in [0.2, 0.25) is 0 Å². The monoisotopic (exact) mass is 264 g/mol. The summed E-state index contributed by atoms with van der Waals surface area (Å²) in [6, 6.07) is 5.39. The van der Waals surface area contributed by atoms with Gasteiger partial charge < -0.3 is 9.84 Å². The van der Waals surface area contributed by atoms with Crippen LogP contribution in [0.4, 0.5) is 5.69 Å². The largest absolute Gasteiger partial charge is 0.478 e. The highest BCUT2D eigenvalue weighted by atomic mass is 16.6. The molecule has 1 atom stereocenters. The van der Waals surface area contributed by atoms with Crippen LogP contribution in [0.15, 0.2) is 18.2 Å². The lowest BCUT2D eigenvalue weighted by Crippen LogP contribution is -2.32. The maximum Gasteiger partial charge on any atom is 0.345 e. The van der Waals surface area contributed by atoms with Crippen molar-refractivity contribution >= 4 is 11.7 Å². The molecule has 100 valence electrons. The summed E-state index contributed by atoms with van der Waals surface area (Å²) in [5, 5.41) is 28.6. The second-order valence-electron chi connectivity index (χ2n) is 4.17. The average Bonchev–Trinajstić information content (AvgIpc) is 2.34. The highest BCUT2D eigenvalue weighted by molar-refractivity contribution is 5.73. The minimum absolute atomic E-state index is 0.107. The second kappa shape index (κ2) is 5.82. The van der Waals surface area contributed by atoms with Gasteiger partial charge in [-0.1, -0.05) is 13.8 Å². The van der Waals surface area contributed by atoms with Crippen molar-refractivity contribution in [2.75, 3.05) is 0 Å². The van der Waals surface area contributed by atoms with E-state index < -0.39 is 22.7 Å². The van der Waals surface area contributed by atoms with E-state index in [-0.39, 0.29) is 17.2 Å². The Hall–Kier alpha value is -2.62. The van der Waals surface area contributed by atoms with E-state index in [1.165, 1.54) is 12.1 Å². The van der Waals surface area contributed by atoms with Crippen LogP contribution in [0, 0.1) is 27.4 Å². The molecule has 0 heterocycles. The number of benzene rings is 1. The van der Waals surface area contributed by atoms with Crippen LogP contribution in [0.5, 0.6) is 5.75 Å². The third-order valence-corrected chi connectivity index (χ3v) is 2.39. The minimum Gasteiger partial charge on any atom is -0.478 e. The topological polar surface area (TPSA) is 113 Å². The van der Waals surface area contributed by atoms with Gasteiger partial charge in [0.2, 0.25) is 0 Å². The van der Waals surface area contributed by atoms with Crippen molar-refractivity contribution in [3.63, 3.8) is 0 Å². The molecule has 0 amide bonds. The molecule has 0 saturated heterocycles. The summed E-state index contributed by atoms with van der Waals surface area (Å²) in [7, 11) is 0. The highest BCUT2D eigenvalue weighted by Crippen LogP contribution is 2.29. The predicted octanol–water partition coefficient (Wildman–Crippen LogP) is 1.95. The van der Waals surface area contributed by atoms with E-state index in [4.69, 9.17) is 15.1 Å². The summed E-state index contributed by atoms with van der Waals surface area (Å²) in [5.74, 6) is -1.72. The van der Waals surface area contributed by atoms with Crippen molar-refractivity contribution in [2.45, 2.75) is 20.0 Å². The third-order valence-electron chi connectivity index (χ3n) is 2.39. The number of rotatable bonds is 5. The highest BCUT2D eigenvalue weighted by Gasteiger charge is 2.27. The summed E-state index contributed by atoms with van der Waals surface area (Å²) in [5.41, 5.74) is -0.318. The van der Waals surface area contributed by atoms with Gasteiger partial charge in [-0.05, 0) is 12.1 Å². The minimum atomic E-state index is -1.20. The van der Waals surface area contributed by atoms with Gasteiger partial charge in [0.15, 0.2) is 11.9 Å². The van der Waals surface area contributed by atoms with Crippen LogP contribution in [0.1, 0.15) is 19.4 Å². The number of nitro groups is 1. The molecule has 0 aliphatic heterocycles. The second-order valence-corrected chi connectivity index (χ2v) is 4.17. The Morgan fingerprint density at radius 3 is 2.58 bits per heavy atom. The van der Waals surface area contributed by atoms with E-state index in [1.54, 1.807) is 19.9 Å². The van der Waals surface area contributed by atoms with E-state index in [1.807, 2.05) is 0 Å². The molecular weight excluding hydrogens is 252 g/mol.